The van der Waals surface area contributed by atoms with Gasteiger partial charge in [-0.2, -0.15) is 0 Å². The highest BCUT2D eigenvalue weighted by Crippen LogP contribution is 2.27. The molecule has 0 aromatic rings. The average Bonchev–Trinajstić information content (AvgIpc) is 2.93. The summed E-state index contributed by atoms with van der Waals surface area (Å²) in [6.07, 6.45) is 17.6. The third-order valence-corrected chi connectivity index (χ3v) is 3.83. The smallest absolute Gasteiger partial charge is 0.0271 e. The van der Waals surface area contributed by atoms with E-state index in [1.807, 2.05) is 0 Å². The molecule has 0 aromatic carbocycles. The summed E-state index contributed by atoms with van der Waals surface area (Å²) in [6.45, 7) is 10.4. The molecule has 0 atom stereocenters. The molecule has 0 nitrogen and oxygen atoms in total. The van der Waals surface area contributed by atoms with E-state index in [1.54, 1.807) is 0 Å². The van der Waals surface area contributed by atoms with Crippen molar-refractivity contribution in [3.63, 3.8) is 0 Å². The van der Waals surface area contributed by atoms with Gasteiger partial charge in [0.15, 0.2) is 0 Å². The van der Waals surface area contributed by atoms with E-state index in [9.17, 15) is 0 Å². The van der Waals surface area contributed by atoms with Gasteiger partial charge in [-0.3, -0.25) is 0 Å². The molecule has 0 radical (unpaired) electrons. The Bertz CT molecular complexity index is 422. The number of allylic oxidation sites excluding steroid dienone is 10. The minimum Gasteiger partial charge on any atom is -0.0915 e. The fourth-order valence-corrected chi connectivity index (χ4v) is 2.42. The molecular formula is C18H22. The van der Waals surface area contributed by atoms with Crippen molar-refractivity contribution in [3.8, 4) is 0 Å². The van der Waals surface area contributed by atoms with Gasteiger partial charge < -0.3 is 0 Å². The molecule has 0 saturated heterocycles. The molecule has 0 unspecified atom stereocenters. The first-order valence-corrected chi connectivity index (χ1v) is 6.80. The Labute approximate surface area is 111 Å². The van der Waals surface area contributed by atoms with Crippen LogP contribution in [-0.4, -0.2) is 0 Å². The van der Waals surface area contributed by atoms with Crippen LogP contribution in [0.4, 0.5) is 0 Å². The maximum absolute atomic E-state index is 4.05. The molecule has 0 N–H and O–H groups in total. The second kappa shape index (κ2) is 5.86. The molecule has 0 spiro atoms. The van der Waals surface area contributed by atoms with Crippen molar-refractivity contribution < 1.29 is 0 Å². The van der Waals surface area contributed by atoms with E-state index < -0.39 is 0 Å². The van der Waals surface area contributed by atoms with Crippen LogP contribution in [0, 0.1) is 5.92 Å². The van der Waals surface area contributed by atoms with Gasteiger partial charge in [0.2, 0.25) is 0 Å². The molecule has 0 amide bonds. The molecule has 0 heterocycles. The first kappa shape index (κ1) is 12.9. The Hall–Kier alpha value is -1.56. The lowest BCUT2D eigenvalue weighted by Crippen LogP contribution is -1.97. The van der Waals surface area contributed by atoms with Gasteiger partial charge in [-0.05, 0) is 53.9 Å². The molecule has 94 valence electrons. The van der Waals surface area contributed by atoms with Crippen molar-refractivity contribution in [2.24, 2.45) is 5.92 Å². The standard InChI is InChI=1S/C18H22/c1-14(10-12-17-8-4-6-15(17)2)11-13-18-9-5-7-16(18)3/h4-9,14H,2-3,10-13H2,1H3. The normalized spacial score (nSPS) is 17.9. The summed E-state index contributed by atoms with van der Waals surface area (Å²) in [5.41, 5.74) is 5.21. The van der Waals surface area contributed by atoms with Crippen LogP contribution in [-0.2, 0) is 0 Å². The van der Waals surface area contributed by atoms with E-state index in [0.29, 0.717) is 0 Å². The summed E-state index contributed by atoms with van der Waals surface area (Å²) in [7, 11) is 0. The van der Waals surface area contributed by atoms with Crippen LogP contribution in [0.25, 0.3) is 0 Å². The van der Waals surface area contributed by atoms with Gasteiger partial charge in [0.25, 0.3) is 0 Å². The predicted molar refractivity (Wildman–Crippen MR) is 80.4 cm³/mol. The lowest BCUT2D eigenvalue weighted by Gasteiger charge is -2.13. The lowest BCUT2D eigenvalue weighted by molar-refractivity contribution is 0.494. The zero-order valence-corrected chi connectivity index (χ0v) is 11.3. The van der Waals surface area contributed by atoms with Crippen molar-refractivity contribution in [2.45, 2.75) is 32.6 Å². The number of hydrogen-bond donors (Lipinski definition) is 0. The highest BCUT2D eigenvalue weighted by molar-refractivity contribution is 5.47. The summed E-state index contributed by atoms with van der Waals surface area (Å²) in [5, 5.41) is 0. The molecular weight excluding hydrogens is 216 g/mol. The molecule has 18 heavy (non-hydrogen) atoms. The minimum absolute atomic E-state index is 0.758. The van der Waals surface area contributed by atoms with Crippen LogP contribution in [0.15, 0.2) is 71.9 Å². The van der Waals surface area contributed by atoms with Gasteiger partial charge in [-0.25, -0.2) is 0 Å². The van der Waals surface area contributed by atoms with E-state index in [4.69, 9.17) is 0 Å². The first-order valence-electron chi connectivity index (χ1n) is 6.80. The summed E-state index contributed by atoms with van der Waals surface area (Å²) in [6, 6.07) is 0. The van der Waals surface area contributed by atoms with Gasteiger partial charge in [0.1, 0.15) is 0 Å². The molecule has 2 rings (SSSR count). The van der Waals surface area contributed by atoms with Crippen LogP contribution in [0.3, 0.4) is 0 Å². The van der Waals surface area contributed by atoms with Crippen LogP contribution < -0.4 is 0 Å². The Morgan fingerprint density at radius 1 is 0.889 bits per heavy atom. The van der Waals surface area contributed by atoms with Crippen molar-refractivity contribution in [3.05, 3.63) is 71.9 Å². The van der Waals surface area contributed by atoms with Crippen molar-refractivity contribution in [1.29, 1.82) is 0 Å². The number of hydrogen-bond acceptors (Lipinski definition) is 0. The summed E-state index contributed by atoms with van der Waals surface area (Å²) in [4.78, 5) is 0. The van der Waals surface area contributed by atoms with Gasteiger partial charge in [-0.1, -0.05) is 56.5 Å². The average molecular weight is 238 g/mol. The second-order valence-electron chi connectivity index (χ2n) is 5.34. The van der Waals surface area contributed by atoms with Crippen LogP contribution in [0.5, 0.6) is 0 Å². The monoisotopic (exact) mass is 238 g/mol. The maximum Gasteiger partial charge on any atom is -0.0271 e. The SMILES string of the molecule is C=C1C=CC=C1CCC(C)CCC1=CC=CC1=C. The second-order valence-corrected chi connectivity index (χ2v) is 5.34. The van der Waals surface area contributed by atoms with E-state index in [-0.39, 0.29) is 0 Å². The molecule has 0 aromatic heterocycles. The molecule has 0 saturated carbocycles. The topological polar surface area (TPSA) is 0 Å². The molecule has 0 bridgehead atoms. The Morgan fingerprint density at radius 2 is 1.33 bits per heavy atom. The third-order valence-electron chi connectivity index (χ3n) is 3.83. The Morgan fingerprint density at radius 3 is 1.67 bits per heavy atom. The number of rotatable bonds is 6. The largest absolute Gasteiger partial charge is 0.0915 e. The highest BCUT2D eigenvalue weighted by atomic mass is 14.2. The minimum atomic E-state index is 0.758. The van der Waals surface area contributed by atoms with Gasteiger partial charge in [0, 0.05) is 0 Å². The highest BCUT2D eigenvalue weighted by Gasteiger charge is 2.10. The first-order chi connectivity index (χ1) is 8.66. The molecule has 2 aliphatic carbocycles. The van der Waals surface area contributed by atoms with E-state index in [2.05, 4.69) is 56.5 Å². The Kier molecular flexibility index (Phi) is 4.19. The van der Waals surface area contributed by atoms with E-state index >= 15 is 0 Å². The van der Waals surface area contributed by atoms with Crippen molar-refractivity contribution in [1.82, 2.24) is 0 Å². The summed E-state index contributed by atoms with van der Waals surface area (Å²) in [5.74, 6) is 0.758. The van der Waals surface area contributed by atoms with Gasteiger partial charge >= 0.3 is 0 Å². The lowest BCUT2D eigenvalue weighted by atomic mass is 9.93. The van der Waals surface area contributed by atoms with Gasteiger partial charge in [-0.15, -0.1) is 0 Å². The van der Waals surface area contributed by atoms with Crippen LogP contribution in [0.1, 0.15) is 32.6 Å². The van der Waals surface area contributed by atoms with Crippen molar-refractivity contribution >= 4 is 0 Å². The summed E-state index contributed by atoms with van der Waals surface area (Å²) >= 11 is 0. The molecule has 0 heteroatoms. The van der Waals surface area contributed by atoms with E-state index in [1.165, 1.54) is 35.1 Å². The predicted octanol–water partition coefficient (Wildman–Crippen LogP) is 5.29. The molecule has 0 fully saturated rings. The third kappa shape index (κ3) is 3.22. The van der Waals surface area contributed by atoms with Crippen LogP contribution >= 0.6 is 0 Å². The quantitative estimate of drug-likeness (QED) is 0.590. The zero-order chi connectivity index (χ0) is 13.0. The maximum atomic E-state index is 4.05. The molecule has 2 aliphatic rings. The Balaban J connectivity index is 1.68. The van der Waals surface area contributed by atoms with Crippen LogP contribution in [0.2, 0.25) is 0 Å². The zero-order valence-electron chi connectivity index (χ0n) is 11.3. The molecule has 0 aliphatic heterocycles. The fraction of sp³-hybridized carbons (Fsp3) is 0.333. The van der Waals surface area contributed by atoms with Gasteiger partial charge in [0.05, 0.1) is 0 Å². The van der Waals surface area contributed by atoms with Crippen molar-refractivity contribution in [2.75, 3.05) is 0 Å². The van der Waals surface area contributed by atoms with E-state index in [0.717, 1.165) is 18.8 Å². The fourth-order valence-electron chi connectivity index (χ4n) is 2.42. The summed E-state index contributed by atoms with van der Waals surface area (Å²) < 4.78 is 0.